The van der Waals surface area contributed by atoms with E-state index in [1.54, 1.807) is 24.3 Å². The van der Waals surface area contributed by atoms with Crippen LogP contribution in [0.3, 0.4) is 0 Å². The van der Waals surface area contributed by atoms with Crippen molar-refractivity contribution in [2.45, 2.75) is 6.10 Å². The van der Waals surface area contributed by atoms with Crippen LogP contribution in [0.1, 0.15) is 10.4 Å². The Hall–Kier alpha value is -2.08. The summed E-state index contributed by atoms with van der Waals surface area (Å²) in [5.74, 6) is -0.675. The standard InChI is InChI=1S/C13H15NO5/c1-18-10-4-2-3-9(7-10)12(15)14-5-6-19-11(8-14)13(16)17/h2-4,7,11H,5-6,8H2,1H3,(H,16,17)/t11-/m0/s1. The van der Waals surface area contributed by atoms with Crippen LogP contribution >= 0.6 is 0 Å². The van der Waals surface area contributed by atoms with Crippen molar-refractivity contribution >= 4 is 11.9 Å². The second kappa shape index (κ2) is 5.71. The molecule has 6 nitrogen and oxygen atoms in total. The van der Waals surface area contributed by atoms with Gasteiger partial charge in [0, 0.05) is 12.1 Å². The van der Waals surface area contributed by atoms with Gasteiger partial charge >= 0.3 is 5.97 Å². The van der Waals surface area contributed by atoms with Crippen molar-refractivity contribution in [3.05, 3.63) is 29.8 Å². The first-order valence-corrected chi connectivity index (χ1v) is 5.89. The van der Waals surface area contributed by atoms with Gasteiger partial charge in [-0.05, 0) is 18.2 Å². The first-order chi connectivity index (χ1) is 9.11. The molecule has 0 saturated carbocycles. The number of carbonyl (C=O) groups excluding carboxylic acids is 1. The molecule has 1 fully saturated rings. The van der Waals surface area contributed by atoms with Gasteiger partial charge in [0.15, 0.2) is 6.10 Å². The van der Waals surface area contributed by atoms with Crippen molar-refractivity contribution < 1.29 is 24.2 Å². The summed E-state index contributed by atoms with van der Waals surface area (Å²) < 4.78 is 10.1. The molecular formula is C13H15NO5. The van der Waals surface area contributed by atoms with Gasteiger partial charge in [-0.15, -0.1) is 0 Å². The minimum Gasteiger partial charge on any atom is -0.497 e. The van der Waals surface area contributed by atoms with E-state index in [-0.39, 0.29) is 19.1 Å². The van der Waals surface area contributed by atoms with Crippen LogP contribution in [-0.4, -0.2) is 54.8 Å². The van der Waals surface area contributed by atoms with Crippen LogP contribution in [0.2, 0.25) is 0 Å². The number of carboxylic acids is 1. The minimum absolute atomic E-state index is 0.0609. The van der Waals surface area contributed by atoms with Gasteiger partial charge in [-0.1, -0.05) is 6.07 Å². The van der Waals surface area contributed by atoms with Gasteiger partial charge < -0.3 is 19.5 Å². The van der Waals surface area contributed by atoms with E-state index < -0.39 is 12.1 Å². The predicted octanol–water partition coefficient (Wildman–Crippen LogP) is 0.621. The topological polar surface area (TPSA) is 76.1 Å². The molecule has 0 spiro atoms. The molecular weight excluding hydrogens is 250 g/mol. The van der Waals surface area contributed by atoms with Crippen molar-refractivity contribution in [3.8, 4) is 5.75 Å². The summed E-state index contributed by atoms with van der Waals surface area (Å²) >= 11 is 0. The normalized spacial score (nSPS) is 19.0. The lowest BCUT2D eigenvalue weighted by Gasteiger charge is -2.30. The van der Waals surface area contributed by atoms with Gasteiger partial charge in [-0.3, -0.25) is 4.79 Å². The number of aliphatic carboxylic acids is 1. The van der Waals surface area contributed by atoms with Gasteiger partial charge in [0.2, 0.25) is 0 Å². The summed E-state index contributed by atoms with van der Waals surface area (Å²) in [5.41, 5.74) is 0.477. The number of hydrogen-bond acceptors (Lipinski definition) is 4. The predicted molar refractivity (Wildman–Crippen MR) is 66.3 cm³/mol. The molecule has 0 aliphatic carbocycles. The third kappa shape index (κ3) is 3.03. The van der Waals surface area contributed by atoms with Crippen molar-refractivity contribution in [2.75, 3.05) is 26.8 Å². The average molecular weight is 265 g/mol. The molecule has 6 heteroatoms. The Balaban J connectivity index is 2.12. The molecule has 1 aromatic carbocycles. The Kier molecular flexibility index (Phi) is 4.01. The quantitative estimate of drug-likeness (QED) is 0.867. The monoisotopic (exact) mass is 265 g/mol. The molecule has 0 aromatic heterocycles. The number of nitrogens with zero attached hydrogens (tertiary/aromatic N) is 1. The van der Waals surface area contributed by atoms with E-state index in [0.717, 1.165) is 0 Å². The lowest BCUT2D eigenvalue weighted by atomic mass is 10.1. The molecule has 1 atom stereocenters. The van der Waals surface area contributed by atoms with E-state index in [0.29, 0.717) is 17.9 Å². The number of morpholine rings is 1. The molecule has 0 bridgehead atoms. The lowest BCUT2D eigenvalue weighted by Crippen LogP contribution is -2.48. The highest BCUT2D eigenvalue weighted by Crippen LogP contribution is 2.16. The zero-order valence-electron chi connectivity index (χ0n) is 10.5. The smallest absolute Gasteiger partial charge is 0.334 e. The van der Waals surface area contributed by atoms with Gasteiger partial charge in [-0.2, -0.15) is 0 Å². The number of carboxylic acid groups (broad SMARTS) is 1. The van der Waals surface area contributed by atoms with E-state index in [1.165, 1.54) is 12.0 Å². The van der Waals surface area contributed by atoms with Crippen LogP contribution in [0.25, 0.3) is 0 Å². The number of amides is 1. The molecule has 1 aliphatic rings. The van der Waals surface area contributed by atoms with Gasteiger partial charge in [0.1, 0.15) is 5.75 Å². The van der Waals surface area contributed by atoms with Crippen molar-refractivity contribution in [1.82, 2.24) is 4.90 Å². The molecule has 2 rings (SSSR count). The molecule has 1 aromatic rings. The molecule has 1 saturated heterocycles. The fourth-order valence-electron chi connectivity index (χ4n) is 1.92. The van der Waals surface area contributed by atoms with Gasteiger partial charge in [-0.25, -0.2) is 4.79 Å². The van der Waals surface area contributed by atoms with Crippen LogP contribution in [0, 0.1) is 0 Å². The highest BCUT2D eigenvalue weighted by Gasteiger charge is 2.29. The maximum absolute atomic E-state index is 12.3. The Labute approximate surface area is 110 Å². The SMILES string of the molecule is COc1cccc(C(=O)N2CCO[C@H](C(=O)O)C2)c1. The largest absolute Gasteiger partial charge is 0.497 e. The van der Waals surface area contributed by atoms with Crippen LogP contribution in [0.4, 0.5) is 0 Å². The van der Waals surface area contributed by atoms with Crippen LogP contribution < -0.4 is 4.74 Å². The Morgan fingerprint density at radius 2 is 2.26 bits per heavy atom. The highest BCUT2D eigenvalue weighted by atomic mass is 16.5. The van der Waals surface area contributed by atoms with Crippen LogP contribution in [0.15, 0.2) is 24.3 Å². The zero-order chi connectivity index (χ0) is 13.8. The van der Waals surface area contributed by atoms with Crippen molar-refractivity contribution in [3.63, 3.8) is 0 Å². The number of carbonyl (C=O) groups is 2. The molecule has 1 N–H and O–H groups in total. The Bertz CT molecular complexity index is 488. The Morgan fingerprint density at radius 1 is 1.47 bits per heavy atom. The molecule has 102 valence electrons. The summed E-state index contributed by atoms with van der Waals surface area (Å²) in [6.45, 7) is 0.678. The van der Waals surface area contributed by atoms with Gasteiger partial charge in [0.25, 0.3) is 5.91 Å². The number of rotatable bonds is 3. The summed E-state index contributed by atoms with van der Waals surface area (Å²) in [6.07, 6.45) is -0.955. The van der Waals surface area contributed by atoms with Crippen LogP contribution in [-0.2, 0) is 9.53 Å². The highest BCUT2D eigenvalue weighted by molar-refractivity contribution is 5.95. The zero-order valence-corrected chi connectivity index (χ0v) is 10.5. The summed E-state index contributed by atoms with van der Waals surface area (Å²) in [4.78, 5) is 24.6. The average Bonchev–Trinajstić information content (AvgIpc) is 2.46. The summed E-state index contributed by atoms with van der Waals surface area (Å²) in [7, 11) is 1.53. The molecule has 0 radical (unpaired) electrons. The maximum atomic E-state index is 12.3. The molecule has 1 amide bonds. The molecule has 0 unspecified atom stereocenters. The van der Waals surface area contributed by atoms with E-state index in [4.69, 9.17) is 14.6 Å². The van der Waals surface area contributed by atoms with E-state index in [1.807, 2.05) is 0 Å². The Morgan fingerprint density at radius 3 is 2.95 bits per heavy atom. The van der Waals surface area contributed by atoms with Gasteiger partial charge in [0.05, 0.1) is 20.3 Å². The molecule has 1 aliphatic heterocycles. The maximum Gasteiger partial charge on any atom is 0.334 e. The number of hydrogen-bond donors (Lipinski definition) is 1. The second-order valence-corrected chi connectivity index (χ2v) is 4.18. The summed E-state index contributed by atoms with van der Waals surface area (Å²) in [6, 6.07) is 6.78. The van der Waals surface area contributed by atoms with Crippen molar-refractivity contribution in [2.24, 2.45) is 0 Å². The number of ether oxygens (including phenoxy) is 2. The summed E-state index contributed by atoms with van der Waals surface area (Å²) in [5, 5.41) is 8.91. The fraction of sp³-hybridized carbons (Fsp3) is 0.385. The third-order valence-electron chi connectivity index (χ3n) is 2.95. The van der Waals surface area contributed by atoms with E-state index in [9.17, 15) is 9.59 Å². The van der Waals surface area contributed by atoms with E-state index in [2.05, 4.69) is 0 Å². The first-order valence-electron chi connectivity index (χ1n) is 5.89. The first kappa shape index (κ1) is 13.4. The van der Waals surface area contributed by atoms with Crippen LogP contribution in [0.5, 0.6) is 5.75 Å². The molecule has 1 heterocycles. The van der Waals surface area contributed by atoms with E-state index >= 15 is 0 Å². The van der Waals surface area contributed by atoms with Crippen molar-refractivity contribution in [1.29, 1.82) is 0 Å². The lowest BCUT2D eigenvalue weighted by molar-refractivity contribution is -0.154. The molecule has 19 heavy (non-hydrogen) atoms. The number of benzene rings is 1. The number of methoxy groups -OCH3 is 1. The minimum atomic E-state index is -1.05. The third-order valence-corrected chi connectivity index (χ3v) is 2.95. The second-order valence-electron chi connectivity index (χ2n) is 4.18. The fourth-order valence-corrected chi connectivity index (χ4v) is 1.92.